The smallest absolute Gasteiger partial charge is 0.230 e. The molecule has 2 saturated heterocycles. The van der Waals surface area contributed by atoms with Gasteiger partial charge in [0.25, 0.3) is 0 Å². The van der Waals surface area contributed by atoms with Gasteiger partial charge < -0.3 is 4.90 Å². The van der Waals surface area contributed by atoms with Crippen molar-refractivity contribution in [2.75, 3.05) is 26.7 Å². The Labute approximate surface area is 71.1 Å². The predicted octanol–water partition coefficient (Wildman–Crippen LogP) is 0.425. The number of carbonyl (C=O) groups is 1. The molecule has 0 bridgehead atoms. The van der Waals surface area contributed by atoms with Gasteiger partial charge in [-0.1, -0.05) is 0 Å². The summed E-state index contributed by atoms with van der Waals surface area (Å²) in [5.41, 5.74) is -0.372. The molecule has 0 saturated carbocycles. The Balaban J connectivity index is 2.18. The van der Waals surface area contributed by atoms with Crippen molar-refractivity contribution in [3.8, 4) is 0 Å². The van der Waals surface area contributed by atoms with E-state index in [2.05, 4.69) is 0 Å². The number of carbonyl (C=O) groups excluding carboxylic acids is 1. The molecular formula is C8H13FN2O. The quantitative estimate of drug-likeness (QED) is 0.494. The lowest BCUT2D eigenvalue weighted by atomic mass is 9.86. The highest BCUT2D eigenvalue weighted by molar-refractivity contribution is 5.85. The number of hydrogen-bond donors (Lipinski definition) is 0. The van der Waals surface area contributed by atoms with Crippen molar-refractivity contribution in [2.24, 2.45) is 5.41 Å². The highest BCUT2D eigenvalue weighted by atomic mass is 19.2. The van der Waals surface area contributed by atoms with Crippen molar-refractivity contribution < 1.29 is 9.28 Å². The first kappa shape index (κ1) is 7.98. The molecule has 68 valence electrons. The Morgan fingerprint density at radius 2 is 2.08 bits per heavy atom. The normalized spacial score (nSPS) is 37.2. The lowest BCUT2D eigenvalue weighted by Gasteiger charge is -2.19. The molecule has 0 aromatic heterocycles. The van der Waals surface area contributed by atoms with Gasteiger partial charge in [0.2, 0.25) is 5.91 Å². The molecule has 2 fully saturated rings. The van der Waals surface area contributed by atoms with Crippen LogP contribution in [0.25, 0.3) is 0 Å². The molecular weight excluding hydrogens is 159 g/mol. The fourth-order valence-corrected chi connectivity index (χ4v) is 2.20. The largest absolute Gasteiger partial charge is 0.345 e. The summed E-state index contributed by atoms with van der Waals surface area (Å²) in [5.74, 6) is 0.127. The molecule has 0 N–H and O–H groups in total. The number of nitrogens with zero attached hydrogens (tertiary/aromatic N) is 2. The predicted molar refractivity (Wildman–Crippen MR) is 42.0 cm³/mol. The molecule has 1 amide bonds. The molecule has 1 atom stereocenters. The van der Waals surface area contributed by atoms with Crippen molar-refractivity contribution in [1.82, 2.24) is 10.0 Å². The fourth-order valence-electron chi connectivity index (χ4n) is 2.20. The van der Waals surface area contributed by atoms with Crippen molar-refractivity contribution in [2.45, 2.75) is 12.8 Å². The van der Waals surface area contributed by atoms with E-state index in [1.807, 2.05) is 0 Å². The number of amides is 1. The van der Waals surface area contributed by atoms with Crippen LogP contribution >= 0.6 is 0 Å². The molecule has 2 rings (SSSR count). The first-order chi connectivity index (χ1) is 5.64. The average Bonchev–Trinajstić information content (AvgIpc) is 2.53. The maximum absolute atomic E-state index is 12.8. The summed E-state index contributed by atoms with van der Waals surface area (Å²) in [6, 6.07) is 0. The average molecular weight is 172 g/mol. The second kappa shape index (κ2) is 2.42. The summed E-state index contributed by atoms with van der Waals surface area (Å²) in [6.07, 6.45) is 1.51. The molecule has 0 aromatic carbocycles. The second-order valence-electron chi connectivity index (χ2n) is 3.85. The minimum atomic E-state index is -0.372. The van der Waals surface area contributed by atoms with Gasteiger partial charge in [-0.2, -0.15) is 0 Å². The van der Waals surface area contributed by atoms with Crippen LogP contribution in [0.4, 0.5) is 4.48 Å². The van der Waals surface area contributed by atoms with E-state index < -0.39 is 0 Å². The van der Waals surface area contributed by atoms with Gasteiger partial charge in [-0.3, -0.25) is 4.79 Å². The van der Waals surface area contributed by atoms with E-state index in [0.29, 0.717) is 19.5 Å². The topological polar surface area (TPSA) is 23.6 Å². The Kier molecular flexibility index (Phi) is 1.61. The van der Waals surface area contributed by atoms with Gasteiger partial charge >= 0.3 is 0 Å². The van der Waals surface area contributed by atoms with Gasteiger partial charge in [0, 0.05) is 26.7 Å². The second-order valence-corrected chi connectivity index (χ2v) is 3.85. The number of halogens is 1. The standard InChI is InChI=1S/C8H13FN2O/c1-10-4-2-8(7(10)12)3-5-11(9)6-8/h2-6H2,1H3. The summed E-state index contributed by atoms with van der Waals surface area (Å²) in [7, 11) is 1.79. The Hall–Kier alpha value is -0.640. The molecule has 1 spiro atoms. The van der Waals surface area contributed by atoms with E-state index >= 15 is 0 Å². The third-order valence-corrected chi connectivity index (χ3v) is 3.03. The first-order valence-corrected chi connectivity index (χ1v) is 4.30. The molecule has 1 unspecified atom stereocenters. The third-order valence-electron chi connectivity index (χ3n) is 3.03. The van der Waals surface area contributed by atoms with E-state index in [9.17, 15) is 9.28 Å². The fraction of sp³-hybridized carbons (Fsp3) is 0.875. The highest BCUT2D eigenvalue weighted by Gasteiger charge is 2.49. The molecule has 12 heavy (non-hydrogen) atoms. The number of rotatable bonds is 0. The molecule has 4 heteroatoms. The van der Waals surface area contributed by atoms with Crippen LogP contribution in [0, 0.1) is 5.41 Å². The van der Waals surface area contributed by atoms with Gasteiger partial charge in [-0.25, -0.2) is 0 Å². The van der Waals surface area contributed by atoms with Crippen LogP contribution in [0.2, 0.25) is 0 Å². The molecule has 0 aliphatic carbocycles. The first-order valence-electron chi connectivity index (χ1n) is 4.30. The Bertz CT molecular complexity index is 217. The van der Waals surface area contributed by atoms with Gasteiger partial charge in [0.1, 0.15) is 0 Å². The van der Waals surface area contributed by atoms with E-state index in [-0.39, 0.29) is 11.3 Å². The SMILES string of the molecule is CN1CCC2(CCN(F)C2)C1=O. The summed E-state index contributed by atoms with van der Waals surface area (Å²) in [5, 5.41) is 0.761. The van der Waals surface area contributed by atoms with Crippen LogP contribution in [0.3, 0.4) is 0 Å². The zero-order chi connectivity index (χ0) is 8.77. The minimum Gasteiger partial charge on any atom is -0.345 e. The lowest BCUT2D eigenvalue weighted by Crippen LogP contribution is -2.33. The minimum absolute atomic E-state index is 0.127. The molecule has 2 aliphatic heterocycles. The summed E-state index contributed by atoms with van der Waals surface area (Å²) < 4.78 is 12.8. The molecule has 2 heterocycles. The maximum Gasteiger partial charge on any atom is 0.230 e. The van der Waals surface area contributed by atoms with Crippen LogP contribution in [0.1, 0.15) is 12.8 Å². The van der Waals surface area contributed by atoms with Gasteiger partial charge in [-0.05, 0) is 12.8 Å². The summed E-state index contributed by atoms with van der Waals surface area (Å²) in [6.45, 7) is 1.50. The zero-order valence-electron chi connectivity index (χ0n) is 7.22. The van der Waals surface area contributed by atoms with E-state index in [4.69, 9.17) is 0 Å². The van der Waals surface area contributed by atoms with E-state index in [1.54, 1.807) is 11.9 Å². The Morgan fingerprint density at radius 3 is 2.50 bits per heavy atom. The number of likely N-dealkylation sites (tertiary alicyclic amines) is 1. The van der Waals surface area contributed by atoms with Gasteiger partial charge in [0.15, 0.2) is 0 Å². The van der Waals surface area contributed by atoms with Crippen molar-refractivity contribution in [3.63, 3.8) is 0 Å². The zero-order valence-corrected chi connectivity index (χ0v) is 7.22. The third kappa shape index (κ3) is 0.941. The molecule has 0 aromatic rings. The van der Waals surface area contributed by atoms with Crippen molar-refractivity contribution in [3.05, 3.63) is 0 Å². The highest BCUT2D eigenvalue weighted by Crippen LogP contribution is 2.39. The van der Waals surface area contributed by atoms with Crippen LogP contribution in [0.15, 0.2) is 0 Å². The van der Waals surface area contributed by atoms with Crippen molar-refractivity contribution in [1.29, 1.82) is 0 Å². The molecule has 2 aliphatic rings. The molecule has 0 radical (unpaired) electrons. The lowest BCUT2D eigenvalue weighted by molar-refractivity contribution is -0.135. The van der Waals surface area contributed by atoms with Crippen LogP contribution in [-0.4, -0.2) is 42.6 Å². The number of hydrogen-bond acceptors (Lipinski definition) is 2. The summed E-state index contributed by atoms with van der Waals surface area (Å²) in [4.78, 5) is 13.3. The van der Waals surface area contributed by atoms with Gasteiger partial charge in [-0.15, -0.1) is 9.60 Å². The molecule has 3 nitrogen and oxygen atoms in total. The monoisotopic (exact) mass is 172 g/mol. The van der Waals surface area contributed by atoms with Gasteiger partial charge in [0.05, 0.1) is 5.41 Å². The summed E-state index contributed by atoms with van der Waals surface area (Å²) >= 11 is 0. The van der Waals surface area contributed by atoms with Crippen molar-refractivity contribution >= 4 is 5.91 Å². The van der Waals surface area contributed by atoms with Crippen LogP contribution in [0.5, 0.6) is 0 Å². The van der Waals surface area contributed by atoms with Crippen LogP contribution < -0.4 is 0 Å². The van der Waals surface area contributed by atoms with E-state index in [1.165, 1.54) is 0 Å². The van der Waals surface area contributed by atoms with E-state index in [0.717, 1.165) is 18.1 Å². The Morgan fingerprint density at radius 1 is 1.42 bits per heavy atom. The van der Waals surface area contributed by atoms with Crippen LogP contribution in [-0.2, 0) is 4.79 Å². The maximum atomic E-state index is 12.8.